The van der Waals surface area contributed by atoms with Gasteiger partial charge in [0.2, 0.25) is 0 Å². The van der Waals surface area contributed by atoms with Gasteiger partial charge in [-0.1, -0.05) is 24.3 Å². The first-order valence-corrected chi connectivity index (χ1v) is 6.45. The Labute approximate surface area is 104 Å². The summed E-state index contributed by atoms with van der Waals surface area (Å²) in [6.07, 6.45) is 5.28. The molecule has 1 unspecified atom stereocenters. The van der Waals surface area contributed by atoms with E-state index >= 15 is 0 Å². The molecule has 0 aliphatic heterocycles. The maximum Gasteiger partial charge on any atom is 0.0622 e. The lowest BCUT2D eigenvalue weighted by Crippen LogP contribution is -2.37. The SMILES string of the molecule is CN(CCCC#N)C1CCc2ccccc2C1. The van der Waals surface area contributed by atoms with Crippen LogP contribution in [0.25, 0.3) is 0 Å². The smallest absolute Gasteiger partial charge is 0.0622 e. The molecule has 2 rings (SSSR count). The van der Waals surface area contributed by atoms with Gasteiger partial charge in [-0.05, 0) is 50.4 Å². The monoisotopic (exact) mass is 228 g/mol. The van der Waals surface area contributed by atoms with Gasteiger partial charge in [-0.3, -0.25) is 0 Å². The van der Waals surface area contributed by atoms with Gasteiger partial charge in [0.25, 0.3) is 0 Å². The van der Waals surface area contributed by atoms with Crippen molar-refractivity contribution in [2.45, 2.75) is 38.1 Å². The van der Waals surface area contributed by atoms with Crippen LogP contribution in [-0.2, 0) is 12.8 Å². The molecule has 0 amide bonds. The number of nitriles is 1. The van der Waals surface area contributed by atoms with Crippen molar-refractivity contribution in [2.75, 3.05) is 13.6 Å². The van der Waals surface area contributed by atoms with Crippen LogP contribution in [0.2, 0.25) is 0 Å². The fourth-order valence-electron chi connectivity index (χ4n) is 2.64. The molecule has 0 radical (unpaired) electrons. The van der Waals surface area contributed by atoms with Gasteiger partial charge >= 0.3 is 0 Å². The van der Waals surface area contributed by atoms with Crippen molar-refractivity contribution < 1.29 is 0 Å². The number of benzene rings is 1. The molecule has 0 bridgehead atoms. The van der Waals surface area contributed by atoms with E-state index in [1.165, 1.54) is 30.4 Å². The van der Waals surface area contributed by atoms with Crippen molar-refractivity contribution in [1.82, 2.24) is 4.90 Å². The Kier molecular flexibility index (Phi) is 4.17. The zero-order chi connectivity index (χ0) is 12.1. The number of aryl methyl sites for hydroxylation is 1. The summed E-state index contributed by atoms with van der Waals surface area (Å²) >= 11 is 0. The molecule has 90 valence electrons. The molecule has 0 saturated carbocycles. The van der Waals surface area contributed by atoms with Crippen LogP contribution >= 0.6 is 0 Å². The minimum atomic E-state index is 0.656. The molecule has 0 saturated heterocycles. The van der Waals surface area contributed by atoms with E-state index in [-0.39, 0.29) is 0 Å². The van der Waals surface area contributed by atoms with Gasteiger partial charge in [0.15, 0.2) is 0 Å². The number of unbranched alkanes of at least 4 members (excludes halogenated alkanes) is 1. The summed E-state index contributed by atoms with van der Waals surface area (Å²) in [4.78, 5) is 2.42. The molecule has 0 aromatic heterocycles. The highest BCUT2D eigenvalue weighted by Crippen LogP contribution is 2.23. The van der Waals surface area contributed by atoms with Gasteiger partial charge in [0.05, 0.1) is 6.07 Å². The third kappa shape index (κ3) is 3.08. The lowest BCUT2D eigenvalue weighted by Gasteiger charge is -2.32. The molecule has 17 heavy (non-hydrogen) atoms. The molecular formula is C15H20N2. The number of likely N-dealkylation sites (N-methyl/N-ethyl adjacent to an activating group) is 1. The van der Waals surface area contributed by atoms with E-state index in [4.69, 9.17) is 5.26 Å². The van der Waals surface area contributed by atoms with Crippen LogP contribution < -0.4 is 0 Å². The van der Waals surface area contributed by atoms with Crippen molar-refractivity contribution in [3.05, 3.63) is 35.4 Å². The molecule has 2 heteroatoms. The summed E-state index contributed by atoms with van der Waals surface area (Å²) in [5, 5.41) is 8.55. The van der Waals surface area contributed by atoms with Crippen LogP contribution in [0, 0.1) is 11.3 Å². The largest absolute Gasteiger partial charge is 0.303 e. The molecule has 1 aliphatic carbocycles. The van der Waals surface area contributed by atoms with E-state index < -0.39 is 0 Å². The van der Waals surface area contributed by atoms with E-state index in [0.29, 0.717) is 12.5 Å². The fraction of sp³-hybridized carbons (Fsp3) is 0.533. The number of hydrogen-bond acceptors (Lipinski definition) is 2. The Balaban J connectivity index is 1.91. The zero-order valence-electron chi connectivity index (χ0n) is 10.5. The summed E-state index contributed by atoms with van der Waals surface area (Å²) in [6.45, 7) is 1.04. The molecule has 0 fully saturated rings. The number of hydrogen-bond donors (Lipinski definition) is 0. The average Bonchev–Trinajstić information content (AvgIpc) is 2.38. The molecule has 0 N–H and O–H groups in total. The number of nitrogens with zero attached hydrogens (tertiary/aromatic N) is 2. The van der Waals surface area contributed by atoms with Crippen LogP contribution in [0.5, 0.6) is 0 Å². The zero-order valence-corrected chi connectivity index (χ0v) is 10.5. The summed E-state index contributed by atoms with van der Waals surface area (Å²) in [6, 6.07) is 11.6. The second kappa shape index (κ2) is 5.84. The van der Waals surface area contributed by atoms with Crippen LogP contribution in [0.3, 0.4) is 0 Å². The van der Waals surface area contributed by atoms with Crippen molar-refractivity contribution in [2.24, 2.45) is 0 Å². The quantitative estimate of drug-likeness (QED) is 0.741. The van der Waals surface area contributed by atoms with Crippen LogP contribution in [0.15, 0.2) is 24.3 Å². The predicted molar refractivity (Wildman–Crippen MR) is 69.7 cm³/mol. The molecule has 1 aliphatic rings. The maximum atomic E-state index is 8.55. The highest BCUT2D eigenvalue weighted by molar-refractivity contribution is 5.30. The summed E-state index contributed by atoms with van der Waals surface area (Å²) in [5.74, 6) is 0. The second-order valence-corrected chi connectivity index (χ2v) is 4.91. The van der Waals surface area contributed by atoms with E-state index in [1.54, 1.807) is 0 Å². The van der Waals surface area contributed by atoms with Gasteiger partial charge < -0.3 is 4.90 Å². The number of rotatable bonds is 4. The van der Waals surface area contributed by atoms with Gasteiger partial charge in [-0.25, -0.2) is 0 Å². The standard InChI is InChI=1S/C15H20N2/c1-17(11-5-4-10-16)15-9-8-13-6-2-3-7-14(13)12-15/h2-3,6-7,15H,4-5,8-9,11-12H2,1H3. The van der Waals surface area contributed by atoms with E-state index in [0.717, 1.165) is 13.0 Å². The minimum Gasteiger partial charge on any atom is -0.303 e. The predicted octanol–water partition coefficient (Wildman–Crippen LogP) is 2.78. The Bertz CT molecular complexity index is 406. The van der Waals surface area contributed by atoms with Gasteiger partial charge in [0, 0.05) is 12.5 Å². The van der Waals surface area contributed by atoms with Gasteiger partial charge in [-0.2, -0.15) is 5.26 Å². The topological polar surface area (TPSA) is 27.0 Å². The van der Waals surface area contributed by atoms with E-state index in [1.807, 2.05) is 0 Å². The highest BCUT2D eigenvalue weighted by Gasteiger charge is 2.21. The van der Waals surface area contributed by atoms with E-state index in [2.05, 4.69) is 42.3 Å². The Hall–Kier alpha value is -1.33. The molecule has 1 aromatic rings. The Morgan fingerprint density at radius 1 is 1.35 bits per heavy atom. The number of fused-ring (bicyclic) bond motifs is 1. The third-order valence-corrected chi connectivity index (χ3v) is 3.74. The van der Waals surface area contributed by atoms with Crippen molar-refractivity contribution in [1.29, 1.82) is 5.26 Å². The molecule has 0 heterocycles. The molecule has 1 atom stereocenters. The van der Waals surface area contributed by atoms with Crippen molar-refractivity contribution in [3.8, 4) is 6.07 Å². The molecule has 2 nitrogen and oxygen atoms in total. The normalized spacial score (nSPS) is 18.8. The molecule has 0 spiro atoms. The fourth-order valence-corrected chi connectivity index (χ4v) is 2.64. The summed E-state index contributed by atoms with van der Waals surface area (Å²) in [5.41, 5.74) is 3.03. The lowest BCUT2D eigenvalue weighted by atomic mass is 9.87. The van der Waals surface area contributed by atoms with Crippen LogP contribution in [0.1, 0.15) is 30.4 Å². The molecule has 1 aromatic carbocycles. The highest BCUT2D eigenvalue weighted by atomic mass is 15.1. The van der Waals surface area contributed by atoms with Crippen LogP contribution in [0.4, 0.5) is 0 Å². The summed E-state index contributed by atoms with van der Waals surface area (Å²) < 4.78 is 0. The minimum absolute atomic E-state index is 0.656. The summed E-state index contributed by atoms with van der Waals surface area (Å²) in [7, 11) is 2.19. The van der Waals surface area contributed by atoms with Crippen molar-refractivity contribution in [3.63, 3.8) is 0 Å². The Morgan fingerprint density at radius 3 is 2.88 bits per heavy atom. The maximum absolute atomic E-state index is 8.55. The average molecular weight is 228 g/mol. The second-order valence-electron chi connectivity index (χ2n) is 4.91. The first-order valence-electron chi connectivity index (χ1n) is 6.45. The first-order chi connectivity index (χ1) is 8.31. The van der Waals surface area contributed by atoms with Crippen molar-refractivity contribution >= 4 is 0 Å². The van der Waals surface area contributed by atoms with Crippen LogP contribution in [-0.4, -0.2) is 24.5 Å². The third-order valence-electron chi connectivity index (χ3n) is 3.74. The Morgan fingerprint density at radius 2 is 2.12 bits per heavy atom. The van der Waals surface area contributed by atoms with Gasteiger partial charge in [-0.15, -0.1) is 0 Å². The van der Waals surface area contributed by atoms with Gasteiger partial charge in [0.1, 0.15) is 0 Å². The molecular weight excluding hydrogens is 208 g/mol. The lowest BCUT2D eigenvalue weighted by molar-refractivity contribution is 0.220. The van der Waals surface area contributed by atoms with E-state index in [9.17, 15) is 0 Å². The first kappa shape index (κ1) is 12.1.